The molecule has 2 aliphatic carbocycles. The largest absolute Gasteiger partial charge is 0.360 e. The summed E-state index contributed by atoms with van der Waals surface area (Å²) in [5, 5.41) is 11.8. The fourth-order valence-corrected chi connectivity index (χ4v) is 4.35. The van der Waals surface area contributed by atoms with Gasteiger partial charge in [-0.2, -0.15) is 0 Å². The van der Waals surface area contributed by atoms with E-state index in [0.717, 1.165) is 37.1 Å². The number of hydrogen-bond donors (Lipinski definition) is 1. The highest BCUT2D eigenvalue weighted by Crippen LogP contribution is 2.38. The number of H-pyrrole nitrogens is 1. The quantitative estimate of drug-likeness (QED) is 0.626. The molecule has 0 saturated heterocycles. The topological polar surface area (TPSA) is 79.2 Å². The highest BCUT2D eigenvalue weighted by molar-refractivity contribution is 6.07. The maximum absolute atomic E-state index is 13.4. The van der Waals surface area contributed by atoms with Gasteiger partial charge in [0.15, 0.2) is 0 Å². The van der Waals surface area contributed by atoms with E-state index in [2.05, 4.69) is 16.8 Å². The summed E-state index contributed by atoms with van der Waals surface area (Å²) < 4.78 is 0. The van der Waals surface area contributed by atoms with Crippen LogP contribution in [-0.2, 0) is 0 Å². The van der Waals surface area contributed by atoms with Crippen molar-refractivity contribution in [1.82, 2.24) is 9.88 Å². The summed E-state index contributed by atoms with van der Waals surface area (Å²) in [6.45, 7) is 2.24. The molecule has 0 radical (unpaired) electrons. The van der Waals surface area contributed by atoms with Gasteiger partial charge in [-0.25, -0.2) is 0 Å². The average Bonchev–Trinajstić information content (AvgIpc) is 3.39. The summed E-state index contributed by atoms with van der Waals surface area (Å²) in [6.07, 6.45) is 9.60. The van der Waals surface area contributed by atoms with E-state index in [1.807, 2.05) is 0 Å². The molecule has 1 amide bonds. The number of carbonyl (C=O) groups excluding carboxylic acids is 1. The van der Waals surface area contributed by atoms with Gasteiger partial charge in [-0.1, -0.05) is 13.3 Å². The number of benzene rings is 1. The molecule has 1 heterocycles. The molecule has 0 spiro atoms. The molecule has 1 aromatic heterocycles. The van der Waals surface area contributed by atoms with Crippen LogP contribution in [0.3, 0.4) is 0 Å². The Balaban J connectivity index is 1.63. The number of rotatable bonds is 5. The van der Waals surface area contributed by atoms with E-state index in [0.29, 0.717) is 23.0 Å². The summed E-state index contributed by atoms with van der Waals surface area (Å²) in [6, 6.07) is 5.31. The second-order valence-corrected chi connectivity index (χ2v) is 7.72. The molecule has 2 saturated carbocycles. The number of nitro groups is 1. The molecule has 26 heavy (non-hydrogen) atoms. The SMILES string of the molecule is CCC1CCC(N(C(=O)c2c[nH]c3ccc([N+](=O)[O-])cc23)C2CC2)CC1. The molecule has 0 atom stereocenters. The Hall–Kier alpha value is -2.37. The first-order chi connectivity index (χ1) is 12.6. The van der Waals surface area contributed by atoms with Crippen molar-refractivity contribution in [2.24, 2.45) is 5.92 Å². The van der Waals surface area contributed by atoms with Crippen LogP contribution >= 0.6 is 0 Å². The van der Waals surface area contributed by atoms with Gasteiger partial charge in [0.25, 0.3) is 11.6 Å². The number of aromatic amines is 1. The number of hydrogen-bond acceptors (Lipinski definition) is 3. The summed E-state index contributed by atoms with van der Waals surface area (Å²) in [4.78, 5) is 29.3. The van der Waals surface area contributed by atoms with E-state index >= 15 is 0 Å². The van der Waals surface area contributed by atoms with Crippen LogP contribution in [0.1, 0.15) is 62.2 Å². The third-order valence-corrected chi connectivity index (χ3v) is 6.07. The van der Waals surface area contributed by atoms with Gasteiger partial charge < -0.3 is 9.88 Å². The van der Waals surface area contributed by atoms with Crippen LogP contribution in [0, 0.1) is 16.0 Å². The smallest absolute Gasteiger partial charge is 0.270 e. The molecule has 6 heteroatoms. The van der Waals surface area contributed by atoms with E-state index < -0.39 is 4.92 Å². The number of nitro benzene ring substituents is 1. The maximum Gasteiger partial charge on any atom is 0.270 e. The molecule has 1 aromatic carbocycles. The van der Waals surface area contributed by atoms with Crippen LogP contribution in [0.5, 0.6) is 0 Å². The number of nitrogens with zero attached hydrogens (tertiary/aromatic N) is 2. The van der Waals surface area contributed by atoms with Gasteiger partial charge in [0, 0.05) is 41.3 Å². The highest BCUT2D eigenvalue weighted by Gasteiger charge is 2.39. The Labute approximate surface area is 152 Å². The second kappa shape index (κ2) is 6.74. The van der Waals surface area contributed by atoms with Crippen molar-refractivity contribution in [3.63, 3.8) is 0 Å². The fraction of sp³-hybridized carbons (Fsp3) is 0.550. The number of fused-ring (bicyclic) bond motifs is 1. The monoisotopic (exact) mass is 355 g/mol. The zero-order valence-corrected chi connectivity index (χ0v) is 15.1. The minimum Gasteiger partial charge on any atom is -0.360 e. The molecule has 6 nitrogen and oxygen atoms in total. The highest BCUT2D eigenvalue weighted by atomic mass is 16.6. The molecule has 0 aliphatic heterocycles. The molecule has 2 aliphatic rings. The predicted molar refractivity (Wildman–Crippen MR) is 100 cm³/mol. The average molecular weight is 355 g/mol. The van der Waals surface area contributed by atoms with Crippen molar-refractivity contribution in [3.05, 3.63) is 40.1 Å². The molecule has 1 N–H and O–H groups in total. The first kappa shape index (κ1) is 17.1. The number of aromatic nitrogens is 1. The Morgan fingerprint density at radius 1 is 1.19 bits per heavy atom. The lowest BCUT2D eigenvalue weighted by molar-refractivity contribution is -0.384. The van der Waals surface area contributed by atoms with Gasteiger partial charge in [0.05, 0.1) is 10.5 Å². The maximum atomic E-state index is 13.4. The van der Waals surface area contributed by atoms with Crippen LogP contribution < -0.4 is 0 Å². The van der Waals surface area contributed by atoms with Crippen molar-refractivity contribution >= 4 is 22.5 Å². The Kier molecular flexibility index (Phi) is 4.42. The van der Waals surface area contributed by atoms with E-state index in [-0.39, 0.29) is 11.6 Å². The van der Waals surface area contributed by atoms with E-state index in [1.165, 1.54) is 31.4 Å². The summed E-state index contributed by atoms with van der Waals surface area (Å²) in [5.74, 6) is 0.817. The second-order valence-electron chi connectivity index (χ2n) is 7.72. The third kappa shape index (κ3) is 3.08. The molecular weight excluding hydrogens is 330 g/mol. The molecule has 0 unspecified atom stereocenters. The molecule has 4 rings (SSSR count). The lowest BCUT2D eigenvalue weighted by Crippen LogP contribution is -2.43. The zero-order valence-electron chi connectivity index (χ0n) is 15.1. The third-order valence-electron chi connectivity index (χ3n) is 6.07. The number of non-ortho nitro benzene ring substituents is 1. The fourth-order valence-electron chi connectivity index (χ4n) is 4.35. The lowest BCUT2D eigenvalue weighted by atomic mass is 9.83. The number of nitrogens with one attached hydrogen (secondary N) is 1. The molecule has 2 fully saturated rings. The Bertz CT molecular complexity index is 832. The van der Waals surface area contributed by atoms with Gasteiger partial charge >= 0.3 is 0 Å². The van der Waals surface area contributed by atoms with E-state index in [1.54, 1.807) is 12.3 Å². The first-order valence-electron chi connectivity index (χ1n) is 9.66. The summed E-state index contributed by atoms with van der Waals surface area (Å²) in [7, 11) is 0. The normalized spacial score (nSPS) is 23.1. The van der Waals surface area contributed by atoms with Crippen LogP contribution in [0.4, 0.5) is 5.69 Å². The molecular formula is C20H25N3O3. The molecule has 138 valence electrons. The van der Waals surface area contributed by atoms with Gasteiger partial charge in [-0.15, -0.1) is 0 Å². The van der Waals surface area contributed by atoms with Crippen LogP contribution in [0.25, 0.3) is 10.9 Å². The molecule has 0 bridgehead atoms. The lowest BCUT2D eigenvalue weighted by Gasteiger charge is -2.37. The summed E-state index contributed by atoms with van der Waals surface area (Å²) in [5.41, 5.74) is 1.35. The van der Waals surface area contributed by atoms with Gasteiger partial charge in [-0.3, -0.25) is 14.9 Å². The van der Waals surface area contributed by atoms with Crippen molar-refractivity contribution in [1.29, 1.82) is 0 Å². The minimum absolute atomic E-state index is 0.0209. The van der Waals surface area contributed by atoms with E-state index in [4.69, 9.17) is 0 Å². The van der Waals surface area contributed by atoms with Gasteiger partial charge in [0.1, 0.15) is 0 Å². The van der Waals surface area contributed by atoms with Crippen molar-refractivity contribution in [3.8, 4) is 0 Å². The van der Waals surface area contributed by atoms with Gasteiger partial charge in [-0.05, 0) is 50.5 Å². The molecule has 2 aromatic rings. The van der Waals surface area contributed by atoms with Crippen molar-refractivity contribution in [2.75, 3.05) is 0 Å². The van der Waals surface area contributed by atoms with E-state index in [9.17, 15) is 14.9 Å². The number of carbonyl (C=O) groups is 1. The standard InChI is InChI=1S/C20H25N3O3/c1-2-13-3-5-14(6-4-13)22(15-7-8-15)20(24)18-12-21-19-10-9-16(23(25)26)11-17(18)19/h9-15,21H,2-8H2,1H3. The van der Waals surface area contributed by atoms with Crippen LogP contribution in [-0.4, -0.2) is 32.8 Å². The Morgan fingerprint density at radius 3 is 2.42 bits per heavy atom. The van der Waals surface area contributed by atoms with Crippen molar-refractivity contribution in [2.45, 2.75) is 64.0 Å². The minimum atomic E-state index is -0.411. The van der Waals surface area contributed by atoms with Crippen molar-refractivity contribution < 1.29 is 9.72 Å². The Morgan fingerprint density at radius 2 is 1.85 bits per heavy atom. The zero-order chi connectivity index (χ0) is 18.3. The first-order valence-corrected chi connectivity index (χ1v) is 9.66. The van der Waals surface area contributed by atoms with Gasteiger partial charge in [0.2, 0.25) is 0 Å². The predicted octanol–water partition coefficient (Wildman–Crippen LogP) is 4.65. The van der Waals surface area contributed by atoms with Crippen LogP contribution in [0.15, 0.2) is 24.4 Å². The number of amides is 1. The summed E-state index contributed by atoms with van der Waals surface area (Å²) >= 11 is 0. The van der Waals surface area contributed by atoms with Crippen LogP contribution in [0.2, 0.25) is 0 Å².